The molecule has 39 heavy (non-hydrogen) atoms. The third-order valence-corrected chi connectivity index (χ3v) is 6.16. The topological polar surface area (TPSA) is 245 Å². The Morgan fingerprint density at radius 2 is 1.26 bits per heavy atom. The molecule has 216 valence electrons. The quantitative estimate of drug-likeness (QED) is 0.109. The van der Waals surface area contributed by atoms with Crippen molar-refractivity contribution >= 4 is 47.4 Å². The number of rotatable bonds is 18. The van der Waals surface area contributed by atoms with Gasteiger partial charge in [-0.05, 0) is 49.0 Å². The molecule has 0 bridgehead atoms. The molecular weight excluding hydrogens is 536 g/mol. The van der Waals surface area contributed by atoms with Crippen LogP contribution in [-0.4, -0.2) is 92.2 Å². The Morgan fingerprint density at radius 1 is 0.769 bits per heavy atom. The molecule has 1 rings (SSSR count). The number of thioether (sulfide) groups is 1. The molecule has 0 fully saturated rings. The highest BCUT2D eigenvalue weighted by Gasteiger charge is 2.30. The van der Waals surface area contributed by atoms with Crippen LogP contribution in [0.25, 0.3) is 0 Å². The van der Waals surface area contributed by atoms with Gasteiger partial charge < -0.3 is 42.1 Å². The molecular formula is C24H34N4O10S. The van der Waals surface area contributed by atoms with Crippen LogP contribution in [0.15, 0.2) is 24.3 Å². The molecule has 4 atom stereocenters. The fourth-order valence-corrected chi connectivity index (χ4v) is 3.81. The first-order valence-electron chi connectivity index (χ1n) is 11.9. The highest BCUT2D eigenvalue weighted by Crippen LogP contribution is 2.12. The molecule has 4 unspecified atom stereocenters. The van der Waals surface area contributed by atoms with Crippen molar-refractivity contribution in [2.45, 2.75) is 62.7 Å². The van der Waals surface area contributed by atoms with Gasteiger partial charge in [-0.1, -0.05) is 12.1 Å². The minimum atomic E-state index is -1.44. The van der Waals surface area contributed by atoms with Gasteiger partial charge in [-0.25, -0.2) is 4.79 Å². The van der Waals surface area contributed by atoms with E-state index in [1.54, 1.807) is 6.26 Å². The van der Waals surface area contributed by atoms with Gasteiger partial charge in [0.2, 0.25) is 17.7 Å². The van der Waals surface area contributed by atoms with E-state index in [4.69, 9.17) is 15.9 Å². The molecule has 14 nitrogen and oxygen atoms in total. The van der Waals surface area contributed by atoms with Crippen LogP contribution in [0.2, 0.25) is 0 Å². The summed E-state index contributed by atoms with van der Waals surface area (Å²) in [5, 5.41) is 44.0. The Kier molecular flexibility index (Phi) is 14.4. The van der Waals surface area contributed by atoms with Crippen LogP contribution in [0.1, 0.15) is 37.7 Å². The Bertz CT molecular complexity index is 1020. The van der Waals surface area contributed by atoms with Crippen molar-refractivity contribution < 1.29 is 49.2 Å². The standard InChI is InChI=1S/C24H34N4O10S/c1-39-11-10-17(26-21(34)15(25)6-8-19(30)31)23(36)27-16(7-9-20(32)33)22(35)28-18(24(37)38)12-13-2-4-14(29)5-3-13/h2-5,15-18,29H,6-12,25H2,1H3,(H,26,34)(H,27,36)(H,28,35)(H,30,31)(H,32,33)(H,37,38). The van der Waals surface area contributed by atoms with E-state index in [0.29, 0.717) is 11.3 Å². The van der Waals surface area contributed by atoms with Crippen LogP contribution < -0.4 is 21.7 Å². The van der Waals surface area contributed by atoms with Gasteiger partial charge in [0, 0.05) is 19.3 Å². The summed E-state index contributed by atoms with van der Waals surface area (Å²) in [6, 6.07) is 0.407. The SMILES string of the molecule is CSCCC(NC(=O)C(N)CCC(=O)O)C(=O)NC(CCC(=O)O)C(=O)NC(Cc1ccc(O)cc1)C(=O)O. The van der Waals surface area contributed by atoms with Crippen molar-refractivity contribution in [3.05, 3.63) is 29.8 Å². The molecule has 1 aromatic carbocycles. The molecule has 0 aromatic heterocycles. The third-order valence-electron chi connectivity index (χ3n) is 5.52. The molecule has 0 saturated heterocycles. The number of phenolic OH excluding ortho intramolecular Hbond substituents is 1. The zero-order valence-corrected chi connectivity index (χ0v) is 22.1. The highest BCUT2D eigenvalue weighted by atomic mass is 32.2. The smallest absolute Gasteiger partial charge is 0.326 e. The van der Waals surface area contributed by atoms with E-state index in [0.717, 1.165) is 0 Å². The van der Waals surface area contributed by atoms with Crippen LogP contribution in [0.5, 0.6) is 5.75 Å². The van der Waals surface area contributed by atoms with Crippen molar-refractivity contribution in [1.29, 1.82) is 0 Å². The number of carboxylic acid groups (broad SMARTS) is 3. The van der Waals surface area contributed by atoms with Gasteiger partial charge in [0.05, 0.1) is 6.04 Å². The Hall–Kier alpha value is -3.85. The highest BCUT2D eigenvalue weighted by molar-refractivity contribution is 7.98. The lowest BCUT2D eigenvalue weighted by Crippen LogP contribution is -2.57. The minimum absolute atomic E-state index is 0.0305. The second-order valence-electron chi connectivity index (χ2n) is 8.65. The van der Waals surface area contributed by atoms with E-state index < -0.39 is 66.2 Å². The first kappa shape index (κ1) is 33.2. The number of amides is 3. The van der Waals surface area contributed by atoms with Crippen LogP contribution in [0.3, 0.4) is 0 Å². The summed E-state index contributed by atoms with van der Waals surface area (Å²) in [6.07, 6.45) is 0.327. The fourth-order valence-electron chi connectivity index (χ4n) is 3.34. The molecule has 0 saturated carbocycles. The Morgan fingerprint density at radius 3 is 1.77 bits per heavy atom. The number of benzene rings is 1. The average Bonchev–Trinajstić information content (AvgIpc) is 2.87. The van der Waals surface area contributed by atoms with E-state index in [-0.39, 0.29) is 37.9 Å². The number of aliphatic carboxylic acids is 3. The second-order valence-corrected chi connectivity index (χ2v) is 9.63. The summed E-state index contributed by atoms with van der Waals surface area (Å²) in [7, 11) is 0. The zero-order chi connectivity index (χ0) is 29.5. The van der Waals surface area contributed by atoms with Crippen molar-refractivity contribution in [3.63, 3.8) is 0 Å². The van der Waals surface area contributed by atoms with E-state index in [1.165, 1.54) is 36.0 Å². The number of hydrogen-bond donors (Lipinski definition) is 8. The number of nitrogens with one attached hydrogen (secondary N) is 3. The van der Waals surface area contributed by atoms with Crippen LogP contribution in [-0.2, 0) is 35.2 Å². The summed E-state index contributed by atoms with van der Waals surface area (Å²) in [5.74, 6) is -5.92. The molecule has 0 radical (unpaired) electrons. The molecule has 0 aliphatic heterocycles. The summed E-state index contributed by atoms with van der Waals surface area (Å²) in [5.41, 5.74) is 6.21. The lowest BCUT2D eigenvalue weighted by molar-refractivity contribution is -0.143. The Balaban J connectivity index is 3.02. The van der Waals surface area contributed by atoms with Crippen molar-refractivity contribution in [2.24, 2.45) is 5.73 Å². The normalized spacial score (nSPS) is 13.8. The first-order chi connectivity index (χ1) is 18.3. The number of aromatic hydroxyl groups is 1. The van der Waals surface area contributed by atoms with Gasteiger partial charge >= 0.3 is 17.9 Å². The number of hydrogen-bond acceptors (Lipinski definition) is 9. The van der Waals surface area contributed by atoms with Crippen molar-refractivity contribution in [3.8, 4) is 5.75 Å². The van der Waals surface area contributed by atoms with Crippen molar-refractivity contribution in [2.75, 3.05) is 12.0 Å². The summed E-state index contributed by atoms with van der Waals surface area (Å²) in [4.78, 5) is 72.1. The summed E-state index contributed by atoms with van der Waals surface area (Å²) < 4.78 is 0. The second kappa shape index (κ2) is 16.9. The number of carbonyl (C=O) groups excluding carboxylic acids is 3. The molecule has 0 aliphatic rings. The first-order valence-corrected chi connectivity index (χ1v) is 13.3. The van der Waals surface area contributed by atoms with Gasteiger partial charge in [0.1, 0.15) is 23.9 Å². The maximum atomic E-state index is 13.0. The van der Waals surface area contributed by atoms with Gasteiger partial charge in [0.15, 0.2) is 0 Å². The predicted molar refractivity (Wildman–Crippen MR) is 140 cm³/mol. The van der Waals surface area contributed by atoms with Gasteiger partial charge in [-0.2, -0.15) is 11.8 Å². The lowest BCUT2D eigenvalue weighted by atomic mass is 10.0. The average molecular weight is 571 g/mol. The molecule has 9 N–H and O–H groups in total. The molecule has 0 heterocycles. The maximum absolute atomic E-state index is 13.0. The lowest BCUT2D eigenvalue weighted by Gasteiger charge is -2.25. The predicted octanol–water partition coefficient (Wildman–Crippen LogP) is -0.716. The van der Waals surface area contributed by atoms with Crippen LogP contribution >= 0.6 is 11.8 Å². The summed E-state index contributed by atoms with van der Waals surface area (Å²) in [6.45, 7) is 0. The number of phenols is 1. The van der Waals surface area contributed by atoms with E-state index >= 15 is 0 Å². The minimum Gasteiger partial charge on any atom is -0.508 e. The van der Waals surface area contributed by atoms with E-state index in [2.05, 4.69) is 16.0 Å². The fraction of sp³-hybridized carbons (Fsp3) is 0.500. The molecule has 0 aliphatic carbocycles. The van der Waals surface area contributed by atoms with Gasteiger partial charge in [-0.15, -0.1) is 0 Å². The largest absolute Gasteiger partial charge is 0.508 e. The van der Waals surface area contributed by atoms with Gasteiger partial charge in [0.25, 0.3) is 0 Å². The molecule has 15 heteroatoms. The van der Waals surface area contributed by atoms with E-state index in [1.807, 2.05) is 0 Å². The molecule has 1 aromatic rings. The molecule has 0 spiro atoms. The molecule has 3 amide bonds. The Labute approximate surface area is 228 Å². The zero-order valence-electron chi connectivity index (χ0n) is 21.3. The summed E-state index contributed by atoms with van der Waals surface area (Å²) >= 11 is 1.37. The van der Waals surface area contributed by atoms with Gasteiger partial charge in [-0.3, -0.25) is 24.0 Å². The van der Waals surface area contributed by atoms with Crippen LogP contribution in [0.4, 0.5) is 0 Å². The van der Waals surface area contributed by atoms with E-state index in [9.17, 15) is 39.0 Å². The number of carbonyl (C=O) groups is 6. The maximum Gasteiger partial charge on any atom is 0.326 e. The monoisotopic (exact) mass is 570 g/mol. The number of nitrogens with two attached hydrogens (primary N) is 1. The number of carboxylic acids is 3. The van der Waals surface area contributed by atoms with Crippen molar-refractivity contribution in [1.82, 2.24) is 16.0 Å². The third kappa shape index (κ3) is 13.0. The van der Waals surface area contributed by atoms with Crippen LogP contribution in [0, 0.1) is 0 Å².